The predicted octanol–water partition coefficient (Wildman–Crippen LogP) is -1.07. The second-order valence-corrected chi connectivity index (χ2v) is 5.11. The Morgan fingerprint density at radius 1 is 0.815 bits per heavy atom. The molecule has 27 heavy (non-hydrogen) atoms. The Hall–Kier alpha value is -3.02. The molecule has 1 aromatic rings. The van der Waals surface area contributed by atoms with Gasteiger partial charge in [0.2, 0.25) is 0 Å². The summed E-state index contributed by atoms with van der Waals surface area (Å²) in [6.07, 6.45) is 0.161. The first kappa shape index (κ1) is 26.2. The molecule has 0 heterocycles. The van der Waals surface area contributed by atoms with Crippen molar-refractivity contribution < 1.29 is 39.6 Å². The van der Waals surface area contributed by atoms with Crippen molar-refractivity contribution in [2.75, 3.05) is 6.54 Å². The molecule has 0 aliphatic rings. The zero-order valence-electron chi connectivity index (χ0n) is 14.5. The van der Waals surface area contributed by atoms with Crippen molar-refractivity contribution in [3.05, 3.63) is 35.9 Å². The maximum atomic E-state index is 10.4. The molecule has 0 aliphatic heterocycles. The Morgan fingerprint density at radius 2 is 1.26 bits per heavy atom. The lowest BCUT2D eigenvalue weighted by Gasteiger charge is -2.04. The van der Waals surface area contributed by atoms with Crippen LogP contribution in [0, 0.1) is 0 Å². The number of benzene rings is 1. The van der Waals surface area contributed by atoms with Gasteiger partial charge < -0.3 is 37.6 Å². The van der Waals surface area contributed by atoms with Gasteiger partial charge in [0.15, 0.2) is 0 Å². The highest BCUT2D eigenvalue weighted by Crippen LogP contribution is 2.01. The number of carboxylic acids is 4. The van der Waals surface area contributed by atoms with E-state index in [1.165, 1.54) is 0 Å². The Kier molecular flexibility index (Phi) is 14.8. The van der Waals surface area contributed by atoms with E-state index in [9.17, 15) is 19.2 Å². The molecule has 0 saturated heterocycles. The molecule has 0 amide bonds. The lowest BCUT2D eigenvalue weighted by molar-refractivity contribution is -0.140. The Labute approximate surface area is 155 Å². The summed E-state index contributed by atoms with van der Waals surface area (Å²) in [7, 11) is 0. The van der Waals surface area contributed by atoms with E-state index in [4.69, 9.17) is 31.9 Å². The largest absolute Gasteiger partial charge is 0.481 e. The van der Waals surface area contributed by atoms with Gasteiger partial charge in [-0.2, -0.15) is 0 Å². The van der Waals surface area contributed by atoms with Crippen molar-refractivity contribution in [2.24, 2.45) is 17.2 Å². The third kappa shape index (κ3) is 17.6. The molecule has 0 aromatic heterocycles. The molecule has 11 heteroatoms. The van der Waals surface area contributed by atoms with Gasteiger partial charge in [-0.15, -0.1) is 0 Å². The highest BCUT2D eigenvalue weighted by atomic mass is 16.4. The minimum atomic E-state index is -1.17. The van der Waals surface area contributed by atoms with Gasteiger partial charge in [0, 0.05) is 6.42 Å². The van der Waals surface area contributed by atoms with Crippen LogP contribution in [0.15, 0.2) is 30.3 Å². The van der Waals surface area contributed by atoms with E-state index >= 15 is 0 Å². The first-order valence-corrected chi connectivity index (χ1v) is 7.65. The van der Waals surface area contributed by atoms with Crippen LogP contribution in [0.4, 0.5) is 0 Å². The fourth-order valence-corrected chi connectivity index (χ4v) is 1.36. The second-order valence-electron chi connectivity index (χ2n) is 5.11. The van der Waals surface area contributed by atoms with E-state index in [0.29, 0.717) is 6.42 Å². The summed E-state index contributed by atoms with van der Waals surface area (Å²) >= 11 is 0. The fourth-order valence-electron chi connectivity index (χ4n) is 1.36. The highest BCUT2D eigenvalue weighted by molar-refractivity contribution is 5.74. The monoisotopic (exact) mass is 387 g/mol. The average Bonchev–Trinajstić information content (AvgIpc) is 2.61. The number of hydrogen-bond acceptors (Lipinski definition) is 7. The van der Waals surface area contributed by atoms with E-state index in [1.807, 2.05) is 30.3 Å². The normalized spacial score (nSPS) is 11.5. The Balaban J connectivity index is 0. The summed E-state index contributed by atoms with van der Waals surface area (Å²) < 4.78 is 0. The molecule has 10 N–H and O–H groups in total. The van der Waals surface area contributed by atoms with Gasteiger partial charge in [-0.05, 0) is 18.4 Å². The summed E-state index contributed by atoms with van der Waals surface area (Å²) in [4.78, 5) is 39.5. The van der Waals surface area contributed by atoms with Crippen molar-refractivity contribution in [1.82, 2.24) is 0 Å². The third-order valence-corrected chi connectivity index (χ3v) is 2.78. The molecule has 1 aromatic carbocycles. The van der Waals surface area contributed by atoms with Crippen LogP contribution in [0.25, 0.3) is 0 Å². The van der Waals surface area contributed by atoms with Crippen LogP contribution in [0.5, 0.6) is 0 Å². The number of carboxylic acid groups (broad SMARTS) is 4. The van der Waals surface area contributed by atoms with Crippen LogP contribution in [-0.2, 0) is 25.6 Å². The molecule has 1 rings (SSSR count). The van der Waals surface area contributed by atoms with Crippen LogP contribution >= 0.6 is 0 Å². The molecule has 2 atom stereocenters. The summed E-state index contributed by atoms with van der Waals surface area (Å²) in [5.74, 6) is -4.12. The van der Waals surface area contributed by atoms with Gasteiger partial charge in [0.05, 0.1) is 6.54 Å². The molecule has 2 unspecified atom stereocenters. The van der Waals surface area contributed by atoms with Crippen LogP contribution in [0.2, 0.25) is 0 Å². The van der Waals surface area contributed by atoms with Crippen molar-refractivity contribution >= 4 is 23.9 Å². The summed E-state index contributed by atoms with van der Waals surface area (Å²) in [6.45, 7) is -0.278. The van der Waals surface area contributed by atoms with E-state index in [2.05, 4.69) is 5.73 Å². The van der Waals surface area contributed by atoms with Crippen molar-refractivity contribution in [1.29, 1.82) is 0 Å². The first-order chi connectivity index (χ1) is 12.5. The van der Waals surface area contributed by atoms with Crippen molar-refractivity contribution in [2.45, 2.75) is 31.3 Å². The smallest absolute Gasteiger partial charge is 0.320 e. The summed E-state index contributed by atoms with van der Waals surface area (Å²) in [6, 6.07) is 7.48. The standard InChI is InChI=1S/C9H11NO2.C5H9NO4.C2H5NO2/c10-8(9(11)12)6-7-4-2-1-3-5-7;6-3(5(9)10)1-2-4(7)8;3-1-2(4)5/h1-5,8H,6,10H2,(H,11,12);3H,1-2,6H2,(H,7,8)(H,9,10);1,3H2,(H,4,5). The maximum Gasteiger partial charge on any atom is 0.320 e. The van der Waals surface area contributed by atoms with Crippen LogP contribution in [0.3, 0.4) is 0 Å². The summed E-state index contributed by atoms with van der Waals surface area (Å²) in [5, 5.41) is 32.4. The number of nitrogens with two attached hydrogens (primary N) is 3. The summed E-state index contributed by atoms with van der Waals surface area (Å²) in [5.41, 5.74) is 15.9. The number of carbonyl (C=O) groups is 4. The zero-order chi connectivity index (χ0) is 21.4. The average molecular weight is 387 g/mol. The second kappa shape index (κ2) is 15.3. The molecular formula is C16H25N3O8. The Morgan fingerprint density at radius 3 is 1.59 bits per heavy atom. The molecule has 0 radical (unpaired) electrons. The quantitative estimate of drug-likeness (QED) is 0.284. The topological polar surface area (TPSA) is 227 Å². The van der Waals surface area contributed by atoms with Crippen molar-refractivity contribution in [3.8, 4) is 0 Å². The highest BCUT2D eigenvalue weighted by Gasteiger charge is 2.12. The molecule has 0 fully saturated rings. The van der Waals surface area contributed by atoms with E-state index in [0.717, 1.165) is 5.56 Å². The van der Waals surface area contributed by atoms with E-state index in [-0.39, 0.29) is 19.4 Å². The van der Waals surface area contributed by atoms with E-state index in [1.54, 1.807) is 0 Å². The van der Waals surface area contributed by atoms with E-state index < -0.39 is 36.0 Å². The minimum Gasteiger partial charge on any atom is -0.481 e. The number of hydrogen-bond donors (Lipinski definition) is 7. The maximum absolute atomic E-state index is 10.4. The molecule has 0 aliphatic carbocycles. The third-order valence-electron chi connectivity index (χ3n) is 2.78. The number of rotatable bonds is 8. The van der Waals surface area contributed by atoms with Crippen LogP contribution < -0.4 is 17.2 Å². The SMILES string of the molecule is NC(CCC(=O)O)C(=O)O.NC(Cc1ccccc1)C(=O)O.NCC(=O)O. The molecule has 0 saturated carbocycles. The molecular weight excluding hydrogens is 362 g/mol. The van der Waals surface area contributed by atoms with Crippen LogP contribution in [0.1, 0.15) is 18.4 Å². The first-order valence-electron chi connectivity index (χ1n) is 7.65. The molecule has 0 bridgehead atoms. The van der Waals surface area contributed by atoms with Gasteiger partial charge in [-0.25, -0.2) is 0 Å². The van der Waals surface area contributed by atoms with Gasteiger partial charge >= 0.3 is 23.9 Å². The molecule has 0 spiro atoms. The van der Waals surface area contributed by atoms with Gasteiger partial charge in [0.1, 0.15) is 12.1 Å². The Bertz CT molecular complexity index is 595. The fraction of sp³-hybridized carbons (Fsp3) is 0.375. The minimum absolute atomic E-state index is 0.0231. The number of aliphatic carboxylic acids is 4. The van der Waals surface area contributed by atoms with Crippen molar-refractivity contribution in [3.63, 3.8) is 0 Å². The van der Waals surface area contributed by atoms with Gasteiger partial charge in [-0.3, -0.25) is 19.2 Å². The molecule has 11 nitrogen and oxygen atoms in total. The lowest BCUT2D eigenvalue weighted by Crippen LogP contribution is -2.32. The predicted molar refractivity (Wildman–Crippen MR) is 94.9 cm³/mol. The van der Waals surface area contributed by atoms with Gasteiger partial charge in [0.25, 0.3) is 0 Å². The molecule has 152 valence electrons. The zero-order valence-corrected chi connectivity index (χ0v) is 14.5. The van der Waals surface area contributed by atoms with Crippen LogP contribution in [-0.4, -0.2) is 62.9 Å². The lowest BCUT2D eigenvalue weighted by atomic mass is 10.1. The van der Waals surface area contributed by atoms with Gasteiger partial charge in [-0.1, -0.05) is 30.3 Å².